The lowest BCUT2D eigenvalue weighted by molar-refractivity contribution is 0.0577. The lowest BCUT2D eigenvalue weighted by Crippen LogP contribution is -2.10. The van der Waals surface area contributed by atoms with Gasteiger partial charge in [0.1, 0.15) is 0 Å². The first kappa shape index (κ1) is 11.0. The third-order valence-electron chi connectivity index (χ3n) is 1.74. The van der Waals surface area contributed by atoms with Gasteiger partial charge in [0.25, 0.3) is 0 Å². The number of methoxy groups -OCH3 is 1. The van der Waals surface area contributed by atoms with Crippen molar-refractivity contribution < 1.29 is 19.1 Å². The van der Waals surface area contributed by atoms with Crippen molar-refractivity contribution in [1.29, 1.82) is 0 Å². The van der Waals surface area contributed by atoms with E-state index in [1.807, 2.05) is 0 Å². The quantitative estimate of drug-likeness (QED) is 0.558. The number of ether oxygens (including phenoxy) is 2. The van der Waals surface area contributed by atoms with E-state index in [2.05, 4.69) is 16.1 Å². The van der Waals surface area contributed by atoms with Crippen LogP contribution in [-0.2, 0) is 9.47 Å². The monoisotopic (exact) mass is 206 g/mol. The second kappa shape index (κ2) is 4.95. The molecule has 0 aliphatic rings. The van der Waals surface area contributed by atoms with Crippen molar-refractivity contribution in [3.8, 4) is 0 Å². The Morgan fingerprint density at radius 1 is 1.20 bits per heavy atom. The molecular weight excluding hydrogens is 196 g/mol. The number of esters is 2. The molecule has 0 aliphatic carbocycles. The summed E-state index contributed by atoms with van der Waals surface area (Å²) in [6.07, 6.45) is 1.01. The van der Waals surface area contributed by atoms with Crippen LogP contribution in [0, 0.1) is 0 Å². The fraction of sp³-hybridized carbons (Fsp3) is 0.0909. The zero-order valence-electron chi connectivity index (χ0n) is 8.23. The van der Waals surface area contributed by atoms with Crippen LogP contribution in [-0.4, -0.2) is 19.0 Å². The minimum Gasteiger partial charge on any atom is -0.465 e. The van der Waals surface area contributed by atoms with E-state index in [0.29, 0.717) is 0 Å². The molecule has 1 rings (SSSR count). The van der Waals surface area contributed by atoms with Gasteiger partial charge in [-0.05, 0) is 12.1 Å². The minimum atomic E-state index is -0.633. The normalized spacial score (nSPS) is 9.13. The molecule has 0 heterocycles. The second-order valence-electron chi connectivity index (χ2n) is 2.61. The molecule has 0 atom stereocenters. The maximum Gasteiger partial charge on any atom is 0.343 e. The van der Waals surface area contributed by atoms with E-state index >= 15 is 0 Å². The molecule has 0 amide bonds. The lowest BCUT2D eigenvalue weighted by Gasteiger charge is -2.04. The van der Waals surface area contributed by atoms with Gasteiger partial charge in [-0.2, -0.15) is 0 Å². The Hall–Kier alpha value is -2.10. The Morgan fingerprint density at radius 2 is 1.73 bits per heavy atom. The SMILES string of the molecule is C=COC(=O)c1ccccc1C(=O)OC. The van der Waals surface area contributed by atoms with Crippen LogP contribution in [0.15, 0.2) is 37.1 Å². The van der Waals surface area contributed by atoms with E-state index in [1.165, 1.54) is 19.2 Å². The molecule has 0 saturated heterocycles. The van der Waals surface area contributed by atoms with E-state index in [-0.39, 0.29) is 11.1 Å². The van der Waals surface area contributed by atoms with E-state index in [0.717, 1.165) is 6.26 Å². The lowest BCUT2D eigenvalue weighted by atomic mass is 10.1. The molecular formula is C11H10O4. The second-order valence-corrected chi connectivity index (χ2v) is 2.61. The highest BCUT2D eigenvalue weighted by molar-refractivity contribution is 6.03. The standard InChI is InChI=1S/C11H10O4/c1-3-15-11(13)9-7-5-4-6-8(9)10(12)14-2/h3-7H,1H2,2H3. The van der Waals surface area contributed by atoms with E-state index < -0.39 is 11.9 Å². The zero-order valence-corrected chi connectivity index (χ0v) is 8.23. The summed E-state index contributed by atoms with van der Waals surface area (Å²) >= 11 is 0. The van der Waals surface area contributed by atoms with Crippen LogP contribution in [0.25, 0.3) is 0 Å². The molecule has 0 spiro atoms. The van der Waals surface area contributed by atoms with Gasteiger partial charge >= 0.3 is 11.9 Å². The fourth-order valence-electron chi connectivity index (χ4n) is 1.09. The number of carbonyl (C=O) groups is 2. The van der Waals surface area contributed by atoms with Gasteiger partial charge in [-0.1, -0.05) is 18.7 Å². The van der Waals surface area contributed by atoms with Crippen LogP contribution in [0.5, 0.6) is 0 Å². The topological polar surface area (TPSA) is 52.6 Å². The highest BCUT2D eigenvalue weighted by Gasteiger charge is 2.17. The molecule has 0 bridgehead atoms. The Bertz CT molecular complexity index is 395. The predicted octanol–water partition coefficient (Wildman–Crippen LogP) is 1.77. The van der Waals surface area contributed by atoms with Crippen LogP contribution in [0.3, 0.4) is 0 Å². The smallest absolute Gasteiger partial charge is 0.343 e. The summed E-state index contributed by atoms with van der Waals surface area (Å²) in [7, 11) is 1.25. The van der Waals surface area contributed by atoms with E-state index in [4.69, 9.17) is 0 Å². The molecule has 0 saturated carbocycles. The molecule has 4 heteroatoms. The summed E-state index contributed by atoms with van der Waals surface area (Å²) < 4.78 is 9.11. The molecule has 0 aromatic heterocycles. The van der Waals surface area contributed by atoms with Gasteiger partial charge in [0.05, 0.1) is 24.5 Å². The number of carbonyl (C=O) groups excluding carboxylic acids is 2. The largest absolute Gasteiger partial charge is 0.465 e. The van der Waals surface area contributed by atoms with Gasteiger partial charge in [0.2, 0.25) is 0 Å². The molecule has 1 aromatic carbocycles. The van der Waals surface area contributed by atoms with Crippen molar-refractivity contribution in [3.63, 3.8) is 0 Å². The average Bonchev–Trinajstić information content (AvgIpc) is 2.28. The molecule has 0 radical (unpaired) electrons. The van der Waals surface area contributed by atoms with Crippen molar-refractivity contribution in [2.75, 3.05) is 7.11 Å². The van der Waals surface area contributed by atoms with Gasteiger partial charge in [-0.3, -0.25) is 0 Å². The Kier molecular flexibility index (Phi) is 3.62. The van der Waals surface area contributed by atoms with Gasteiger partial charge in [-0.25, -0.2) is 9.59 Å². The number of benzene rings is 1. The summed E-state index contributed by atoms with van der Waals surface area (Å²) in [5.41, 5.74) is 0.330. The third kappa shape index (κ3) is 2.43. The number of rotatable bonds is 3. The van der Waals surface area contributed by atoms with Crippen molar-refractivity contribution in [3.05, 3.63) is 48.2 Å². The molecule has 1 aromatic rings. The Labute approximate surface area is 87.1 Å². The van der Waals surface area contributed by atoms with Crippen molar-refractivity contribution in [2.24, 2.45) is 0 Å². The summed E-state index contributed by atoms with van der Waals surface area (Å²) in [6, 6.07) is 6.24. The molecule has 0 fully saturated rings. The summed E-state index contributed by atoms with van der Waals surface area (Å²) in [4.78, 5) is 22.7. The number of hydrogen-bond donors (Lipinski definition) is 0. The van der Waals surface area contributed by atoms with Gasteiger partial charge in [0, 0.05) is 0 Å². The fourth-order valence-corrected chi connectivity index (χ4v) is 1.09. The Balaban J connectivity index is 3.11. The van der Waals surface area contributed by atoms with Crippen molar-refractivity contribution in [2.45, 2.75) is 0 Å². The highest BCUT2D eigenvalue weighted by Crippen LogP contribution is 2.11. The third-order valence-corrected chi connectivity index (χ3v) is 1.74. The molecule has 0 N–H and O–H groups in total. The first-order valence-electron chi connectivity index (χ1n) is 4.20. The van der Waals surface area contributed by atoms with Crippen LogP contribution in [0.1, 0.15) is 20.7 Å². The average molecular weight is 206 g/mol. The first-order valence-corrected chi connectivity index (χ1v) is 4.20. The van der Waals surface area contributed by atoms with Crippen LogP contribution in [0.2, 0.25) is 0 Å². The van der Waals surface area contributed by atoms with Crippen molar-refractivity contribution >= 4 is 11.9 Å². The summed E-state index contributed by atoms with van der Waals surface area (Å²) in [5.74, 6) is -1.21. The maximum atomic E-state index is 11.4. The highest BCUT2D eigenvalue weighted by atomic mass is 16.5. The minimum absolute atomic E-state index is 0.157. The molecule has 0 unspecified atom stereocenters. The van der Waals surface area contributed by atoms with E-state index in [1.54, 1.807) is 12.1 Å². The van der Waals surface area contributed by atoms with Crippen LogP contribution in [0.4, 0.5) is 0 Å². The first-order chi connectivity index (χ1) is 7.20. The molecule has 0 aliphatic heterocycles. The maximum absolute atomic E-state index is 11.4. The van der Waals surface area contributed by atoms with Crippen molar-refractivity contribution in [1.82, 2.24) is 0 Å². The molecule has 15 heavy (non-hydrogen) atoms. The molecule has 4 nitrogen and oxygen atoms in total. The van der Waals surface area contributed by atoms with Gasteiger partial charge < -0.3 is 9.47 Å². The summed E-state index contributed by atoms with van der Waals surface area (Å²) in [5, 5.41) is 0. The van der Waals surface area contributed by atoms with Gasteiger partial charge in [-0.15, -0.1) is 0 Å². The van der Waals surface area contributed by atoms with Crippen LogP contribution >= 0.6 is 0 Å². The van der Waals surface area contributed by atoms with Crippen LogP contribution < -0.4 is 0 Å². The van der Waals surface area contributed by atoms with E-state index in [9.17, 15) is 9.59 Å². The number of hydrogen-bond acceptors (Lipinski definition) is 4. The zero-order chi connectivity index (χ0) is 11.3. The Morgan fingerprint density at radius 3 is 2.20 bits per heavy atom. The summed E-state index contributed by atoms with van der Waals surface area (Å²) in [6.45, 7) is 3.26. The van der Waals surface area contributed by atoms with Gasteiger partial charge in [0.15, 0.2) is 0 Å². The molecule has 78 valence electrons. The predicted molar refractivity (Wildman–Crippen MR) is 53.4 cm³/mol.